The van der Waals surface area contributed by atoms with Crippen LogP contribution in [0.3, 0.4) is 0 Å². The lowest BCUT2D eigenvalue weighted by molar-refractivity contribution is 0.0952. The van der Waals surface area contributed by atoms with Crippen molar-refractivity contribution in [3.63, 3.8) is 0 Å². The zero-order valence-corrected chi connectivity index (χ0v) is 20.7. The lowest BCUT2D eigenvalue weighted by Gasteiger charge is -2.18. The van der Waals surface area contributed by atoms with E-state index in [0.29, 0.717) is 29.5 Å². The van der Waals surface area contributed by atoms with Gasteiger partial charge in [-0.3, -0.25) is 9.69 Å². The average molecular weight is 469 g/mol. The van der Waals surface area contributed by atoms with Crippen LogP contribution in [-0.2, 0) is 13.1 Å². The van der Waals surface area contributed by atoms with Gasteiger partial charge < -0.3 is 5.32 Å². The average Bonchev–Trinajstić information content (AvgIpc) is 3.70. The molecule has 1 aliphatic rings. The lowest BCUT2D eigenvalue weighted by atomic mass is 10.1. The maximum Gasteiger partial charge on any atom is 0.252 e. The summed E-state index contributed by atoms with van der Waals surface area (Å²) >= 11 is 0. The highest BCUT2D eigenvalue weighted by Gasteiger charge is 2.29. The molecular formula is C28H32N6O. The molecule has 5 rings (SSSR count). The van der Waals surface area contributed by atoms with E-state index >= 15 is 0 Å². The summed E-state index contributed by atoms with van der Waals surface area (Å²) in [5.41, 5.74) is 5.42. The Morgan fingerprint density at radius 2 is 1.83 bits per heavy atom. The quantitative estimate of drug-likeness (QED) is 0.383. The van der Waals surface area contributed by atoms with Gasteiger partial charge >= 0.3 is 0 Å². The first-order chi connectivity index (χ1) is 17.1. The van der Waals surface area contributed by atoms with Crippen molar-refractivity contribution in [3.8, 4) is 5.82 Å². The van der Waals surface area contributed by atoms with Crippen molar-refractivity contribution in [2.45, 2.75) is 52.6 Å². The SMILES string of the molecule is CCN(CC)Cc1ccc(CNC(=O)c2cc(C3CC3)nc3c2c(C)nn3-c2ccccn2)cc1. The molecule has 0 atom stereocenters. The Labute approximate surface area is 206 Å². The van der Waals surface area contributed by atoms with Gasteiger partial charge in [-0.25, -0.2) is 9.97 Å². The molecule has 1 aliphatic carbocycles. The fourth-order valence-electron chi connectivity index (χ4n) is 4.46. The van der Waals surface area contributed by atoms with Crippen molar-refractivity contribution >= 4 is 16.9 Å². The van der Waals surface area contributed by atoms with Crippen molar-refractivity contribution in [2.24, 2.45) is 0 Å². The molecule has 3 aromatic heterocycles. The molecule has 0 spiro atoms. The number of carbonyl (C=O) groups excluding carboxylic acids is 1. The van der Waals surface area contributed by atoms with Gasteiger partial charge in [-0.15, -0.1) is 0 Å². The molecule has 4 aromatic rings. The lowest BCUT2D eigenvalue weighted by Crippen LogP contribution is -2.24. The minimum atomic E-state index is -0.102. The Hall–Kier alpha value is -3.58. The van der Waals surface area contributed by atoms with Crippen LogP contribution in [0.1, 0.15) is 65.5 Å². The smallest absolute Gasteiger partial charge is 0.252 e. The third kappa shape index (κ3) is 4.95. The molecule has 0 unspecified atom stereocenters. The first kappa shape index (κ1) is 23.2. The number of aromatic nitrogens is 4. The van der Waals surface area contributed by atoms with Gasteiger partial charge in [0.25, 0.3) is 5.91 Å². The Morgan fingerprint density at radius 1 is 1.09 bits per heavy atom. The van der Waals surface area contributed by atoms with E-state index in [9.17, 15) is 4.79 Å². The zero-order chi connectivity index (χ0) is 24.4. The zero-order valence-electron chi connectivity index (χ0n) is 20.7. The second-order valence-electron chi connectivity index (χ2n) is 9.21. The van der Waals surface area contributed by atoms with Crippen LogP contribution in [0.25, 0.3) is 16.9 Å². The van der Waals surface area contributed by atoms with E-state index in [0.717, 1.165) is 54.8 Å². The van der Waals surface area contributed by atoms with Crippen LogP contribution in [0, 0.1) is 6.92 Å². The molecule has 3 heterocycles. The van der Waals surface area contributed by atoms with Gasteiger partial charge in [0.15, 0.2) is 11.5 Å². The van der Waals surface area contributed by atoms with Crippen LogP contribution >= 0.6 is 0 Å². The third-order valence-corrected chi connectivity index (χ3v) is 6.72. The summed E-state index contributed by atoms with van der Waals surface area (Å²) in [5, 5.41) is 8.60. The Kier molecular flexibility index (Phi) is 6.59. The van der Waals surface area contributed by atoms with Crippen molar-refractivity contribution < 1.29 is 4.79 Å². The third-order valence-electron chi connectivity index (χ3n) is 6.72. The molecule has 180 valence electrons. The highest BCUT2D eigenvalue weighted by Crippen LogP contribution is 2.40. The molecule has 1 amide bonds. The van der Waals surface area contributed by atoms with Crippen LogP contribution in [0.5, 0.6) is 0 Å². The number of rotatable bonds is 9. The highest BCUT2D eigenvalue weighted by atomic mass is 16.1. The Balaban J connectivity index is 1.40. The van der Waals surface area contributed by atoms with E-state index in [1.54, 1.807) is 10.9 Å². The second kappa shape index (κ2) is 9.96. The van der Waals surface area contributed by atoms with E-state index in [1.807, 2.05) is 31.2 Å². The maximum absolute atomic E-state index is 13.4. The molecule has 1 N–H and O–H groups in total. The number of carbonyl (C=O) groups is 1. The summed E-state index contributed by atoms with van der Waals surface area (Å²) < 4.78 is 1.75. The first-order valence-electron chi connectivity index (χ1n) is 12.5. The number of nitrogens with zero attached hydrogens (tertiary/aromatic N) is 5. The standard InChI is InChI=1S/C28H32N6O/c1-4-33(5-2)18-21-11-9-20(10-12-21)17-30-28(35)23-16-24(22-13-14-22)31-27-26(23)19(3)32-34(27)25-8-6-7-15-29-25/h6-12,15-16,22H,4-5,13-14,17-18H2,1-3H3,(H,30,35). The summed E-state index contributed by atoms with van der Waals surface area (Å²) in [5.74, 6) is 1.01. The van der Waals surface area contributed by atoms with E-state index in [2.05, 4.69) is 53.3 Å². The van der Waals surface area contributed by atoms with Gasteiger partial charge in [-0.05, 0) is 62.2 Å². The highest BCUT2D eigenvalue weighted by molar-refractivity contribution is 6.06. The molecule has 1 saturated carbocycles. The number of hydrogen-bond acceptors (Lipinski definition) is 5. The molecule has 0 aliphatic heterocycles. The van der Waals surface area contributed by atoms with Crippen LogP contribution in [0.2, 0.25) is 0 Å². The number of aryl methyl sites for hydroxylation is 1. The van der Waals surface area contributed by atoms with Crippen LogP contribution in [-0.4, -0.2) is 43.6 Å². The molecule has 7 nitrogen and oxygen atoms in total. The van der Waals surface area contributed by atoms with Crippen molar-refractivity contribution in [1.82, 2.24) is 30.0 Å². The normalized spacial score (nSPS) is 13.5. The summed E-state index contributed by atoms with van der Waals surface area (Å²) in [7, 11) is 0. The van der Waals surface area contributed by atoms with Gasteiger partial charge in [-0.1, -0.05) is 44.2 Å². The molecule has 0 radical (unpaired) electrons. The summed E-state index contributed by atoms with van der Waals surface area (Å²) in [6.07, 6.45) is 3.95. The largest absolute Gasteiger partial charge is 0.348 e. The maximum atomic E-state index is 13.4. The van der Waals surface area contributed by atoms with Crippen molar-refractivity contribution in [2.75, 3.05) is 13.1 Å². The molecule has 7 heteroatoms. The molecule has 35 heavy (non-hydrogen) atoms. The van der Waals surface area contributed by atoms with Crippen LogP contribution in [0.15, 0.2) is 54.7 Å². The predicted octanol–water partition coefficient (Wildman–Crippen LogP) is 4.77. The number of pyridine rings is 2. The number of amides is 1. The van der Waals surface area contributed by atoms with Gasteiger partial charge in [-0.2, -0.15) is 9.78 Å². The predicted molar refractivity (Wildman–Crippen MR) is 138 cm³/mol. The van der Waals surface area contributed by atoms with Gasteiger partial charge in [0.05, 0.1) is 16.6 Å². The van der Waals surface area contributed by atoms with Gasteiger partial charge in [0.2, 0.25) is 0 Å². The second-order valence-corrected chi connectivity index (χ2v) is 9.21. The van der Waals surface area contributed by atoms with E-state index in [1.165, 1.54) is 5.56 Å². The summed E-state index contributed by atoms with van der Waals surface area (Å²) in [6.45, 7) is 9.77. The van der Waals surface area contributed by atoms with Gasteiger partial charge in [0.1, 0.15) is 0 Å². The molecule has 1 fully saturated rings. The van der Waals surface area contributed by atoms with Crippen LogP contribution in [0.4, 0.5) is 0 Å². The van der Waals surface area contributed by atoms with E-state index in [4.69, 9.17) is 10.1 Å². The summed E-state index contributed by atoms with van der Waals surface area (Å²) in [4.78, 5) is 25.2. The molecule has 0 bridgehead atoms. The number of fused-ring (bicyclic) bond motifs is 1. The molecule has 0 saturated heterocycles. The van der Waals surface area contributed by atoms with Crippen molar-refractivity contribution in [1.29, 1.82) is 0 Å². The topological polar surface area (TPSA) is 75.9 Å². The Bertz CT molecular complexity index is 1320. The van der Waals surface area contributed by atoms with E-state index in [-0.39, 0.29) is 5.91 Å². The van der Waals surface area contributed by atoms with Crippen molar-refractivity contribution in [3.05, 3.63) is 82.8 Å². The van der Waals surface area contributed by atoms with E-state index < -0.39 is 0 Å². The minimum absolute atomic E-state index is 0.102. The first-order valence-corrected chi connectivity index (χ1v) is 12.5. The number of benzene rings is 1. The van der Waals surface area contributed by atoms with Gasteiger partial charge in [0, 0.05) is 30.9 Å². The Morgan fingerprint density at radius 3 is 2.49 bits per heavy atom. The fraction of sp³-hybridized carbons (Fsp3) is 0.357. The fourth-order valence-corrected chi connectivity index (χ4v) is 4.46. The van der Waals surface area contributed by atoms with Crippen LogP contribution < -0.4 is 5.32 Å². The minimum Gasteiger partial charge on any atom is -0.348 e. The summed E-state index contributed by atoms with van der Waals surface area (Å²) in [6, 6.07) is 16.2. The molecular weight excluding hydrogens is 436 g/mol. The number of hydrogen-bond donors (Lipinski definition) is 1. The number of nitrogens with one attached hydrogen (secondary N) is 1. The molecule has 1 aromatic carbocycles. The monoisotopic (exact) mass is 468 g/mol.